The molecule has 5 nitrogen and oxygen atoms in total. The van der Waals surface area contributed by atoms with Crippen LogP contribution < -0.4 is 4.72 Å². The van der Waals surface area contributed by atoms with Crippen LogP contribution in [0, 0.1) is 0 Å². The number of benzene rings is 2. The quantitative estimate of drug-likeness (QED) is 0.826. The lowest BCUT2D eigenvalue weighted by Gasteiger charge is -2.16. The number of hydrogen-bond acceptors (Lipinski definition) is 4. The minimum atomic E-state index is -4.53. The van der Waals surface area contributed by atoms with Crippen LogP contribution in [0.15, 0.2) is 58.3 Å². The van der Waals surface area contributed by atoms with E-state index in [0.29, 0.717) is 0 Å². The third-order valence-electron chi connectivity index (χ3n) is 3.61. The molecule has 1 unspecified atom stereocenters. The first-order chi connectivity index (χ1) is 11.8. The van der Waals surface area contributed by atoms with Gasteiger partial charge in [-0.15, -0.1) is 0 Å². The Morgan fingerprint density at radius 1 is 0.923 bits per heavy atom. The number of hydrogen-bond donors (Lipinski definition) is 1. The second kappa shape index (κ2) is 7.01. The van der Waals surface area contributed by atoms with E-state index < -0.39 is 37.6 Å². The second-order valence-electron chi connectivity index (χ2n) is 5.71. The van der Waals surface area contributed by atoms with Gasteiger partial charge in [-0.2, -0.15) is 13.2 Å². The zero-order chi connectivity index (χ0) is 19.8. The van der Waals surface area contributed by atoms with Crippen LogP contribution in [-0.2, 0) is 26.0 Å². The van der Waals surface area contributed by atoms with Crippen LogP contribution in [0.1, 0.15) is 24.1 Å². The molecule has 10 heteroatoms. The molecule has 0 radical (unpaired) electrons. The Morgan fingerprint density at radius 2 is 1.46 bits per heavy atom. The van der Waals surface area contributed by atoms with E-state index in [0.717, 1.165) is 42.7 Å². The first kappa shape index (κ1) is 20.4. The summed E-state index contributed by atoms with van der Waals surface area (Å²) in [5.74, 6) is 0. The highest BCUT2D eigenvalue weighted by Crippen LogP contribution is 2.31. The van der Waals surface area contributed by atoms with Crippen molar-refractivity contribution < 1.29 is 30.0 Å². The number of rotatable bonds is 5. The van der Waals surface area contributed by atoms with Crippen LogP contribution in [0.2, 0.25) is 0 Å². The largest absolute Gasteiger partial charge is 0.416 e. The molecular weight excluding hydrogens is 391 g/mol. The van der Waals surface area contributed by atoms with Gasteiger partial charge in [0.1, 0.15) is 0 Å². The lowest BCUT2D eigenvalue weighted by Crippen LogP contribution is -2.27. The zero-order valence-electron chi connectivity index (χ0n) is 13.8. The van der Waals surface area contributed by atoms with Crippen molar-refractivity contribution in [1.82, 2.24) is 4.72 Å². The smallest absolute Gasteiger partial charge is 0.224 e. The third-order valence-corrected chi connectivity index (χ3v) is 6.29. The van der Waals surface area contributed by atoms with Crippen molar-refractivity contribution in [3.05, 3.63) is 59.7 Å². The predicted octanol–water partition coefficient (Wildman–Crippen LogP) is 3.15. The number of alkyl halides is 3. The monoisotopic (exact) mass is 407 g/mol. The minimum absolute atomic E-state index is 0.0395. The fourth-order valence-electron chi connectivity index (χ4n) is 2.22. The SMILES string of the molecule is CC(NS(=O)(=O)c1ccc(S(C)(=O)=O)cc1)c1cccc(C(F)(F)F)c1. The highest BCUT2D eigenvalue weighted by molar-refractivity contribution is 7.90. The average molecular weight is 407 g/mol. The van der Waals surface area contributed by atoms with Crippen LogP contribution in [0.25, 0.3) is 0 Å². The van der Waals surface area contributed by atoms with E-state index in [1.165, 1.54) is 19.1 Å². The van der Waals surface area contributed by atoms with Gasteiger partial charge in [-0.25, -0.2) is 21.6 Å². The number of halogens is 3. The molecule has 2 aromatic rings. The van der Waals surface area contributed by atoms with Crippen molar-refractivity contribution in [3.8, 4) is 0 Å². The van der Waals surface area contributed by atoms with Crippen LogP contribution in [0.5, 0.6) is 0 Å². The van der Waals surface area contributed by atoms with Crippen LogP contribution in [0.4, 0.5) is 13.2 Å². The molecule has 0 bridgehead atoms. The minimum Gasteiger partial charge on any atom is -0.224 e. The van der Waals surface area contributed by atoms with E-state index in [9.17, 15) is 30.0 Å². The molecule has 1 N–H and O–H groups in total. The van der Waals surface area contributed by atoms with Crippen LogP contribution in [-0.4, -0.2) is 23.1 Å². The Morgan fingerprint density at radius 3 is 1.96 bits per heavy atom. The fraction of sp³-hybridized carbons (Fsp3) is 0.250. The van der Waals surface area contributed by atoms with Gasteiger partial charge in [0.05, 0.1) is 15.4 Å². The molecule has 1 atom stereocenters. The first-order valence-corrected chi connectivity index (χ1v) is 10.7. The summed E-state index contributed by atoms with van der Waals surface area (Å²) in [5, 5.41) is 0. The van der Waals surface area contributed by atoms with Crippen molar-refractivity contribution in [3.63, 3.8) is 0 Å². The van der Waals surface area contributed by atoms with E-state index in [2.05, 4.69) is 4.72 Å². The topological polar surface area (TPSA) is 80.3 Å². The van der Waals surface area contributed by atoms with E-state index in [4.69, 9.17) is 0 Å². The molecule has 0 aliphatic carbocycles. The van der Waals surface area contributed by atoms with Gasteiger partial charge in [0.15, 0.2) is 9.84 Å². The van der Waals surface area contributed by atoms with Gasteiger partial charge in [0.25, 0.3) is 0 Å². The molecule has 26 heavy (non-hydrogen) atoms. The summed E-state index contributed by atoms with van der Waals surface area (Å²) >= 11 is 0. The summed E-state index contributed by atoms with van der Waals surface area (Å²) in [6, 6.07) is 7.98. The van der Waals surface area contributed by atoms with Gasteiger partial charge in [0.2, 0.25) is 10.0 Å². The number of sulfonamides is 1. The van der Waals surface area contributed by atoms with E-state index in [1.54, 1.807) is 0 Å². The normalized spacial score (nSPS) is 14.2. The highest BCUT2D eigenvalue weighted by atomic mass is 32.2. The van der Waals surface area contributed by atoms with Crippen molar-refractivity contribution >= 4 is 19.9 Å². The van der Waals surface area contributed by atoms with Crippen LogP contribution in [0.3, 0.4) is 0 Å². The lowest BCUT2D eigenvalue weighted by atomic mass is 10.1. The maximum absolute atomic E-state index is 12.8. The third kappa shape index (κ3) is 4.83. The standard InChI is InChI=1S/C16H16F3NO4S2/c1-11(12-4-3-5-13(10-12)16(17,18)19)20-26(23,24)15-8-6-14(7-9-15)25(2,21)22/h3-11,20H,1-2H3. The second-order valence-corrected chi connectivity index (χ2v) is 9.44. The summed E-state index contributed by atoms with van der Waals surface area (Å²) in [5.41, 5.74) is -0.727. The molecule has 2 aromatic carbocycles. The lowest BCUT2D eigenvalue weighted by molar-refractivity contribution is -0.137. The molecule has 2 rings (SSSR count). The van der Waals surface area contributed by atoms with Crippen molar-refractivity contribution in [2.45, 2.75) is 28.9 Å². The van der Waals surface area contributed by atoms with Crippen molar-refractivity contribution in [2.75, 3.05) is 6.26 Å². The van der Waals surface area contributed by atoms with Gasteiger partial charge in [0, 0.05) is 12.3 Å². The maximum atomic E-state index is 12.8. The Labute approximate surface area is 149 Å². The molecule has 142 valence electrons. The van der Waals surface area contributed by atoms with Crippen molar-refractivity contribution in [1.29, 1.82) is 0 Å². The van der Waals surface area contributed by atoms with Gasteiger partial charge in [-0.3, -0.25) is 0 Å². The molecule has 0 aliphatic rings. The Bertz CT molecular complexity index is 999. The van der Waals surface area contributed by atoms with E-state index >= 15 is 0 Å². The molecule has 0 fully saturated rings. The summed E-state index contributed by atoms with van der Waals surface area (Å²) in [6.07, 6.45) is -3.54. The molecular formula is C16H16F3NO4S2. The molecule has 0 aliphatic heterocycles. The molecule has 0 saturated carbocycles. The Kier molecular flexibility index (Phi) is 5.50. The molecule has 0 aromatic heterocycles. The van der Waals surface area contributed by atoms with Gasteiger partial charge in [-0.05, 0) is 48.9 Å². The fourth-order valence-corrected chi connectivity index (χ4v) is 4.08. The maximum Gasteiger partial charge on any atom is 0.416 e. The van der Waals surface area contributed by atoms with Crippen LogP contribution >= 0.6 is 0 Å². The summed E-state index contributed by atoms with van der Waals surface area (Å²) in [4.78, 5) is -0.230. The number of nitrogens with one attached hydrogen (secondary N) is 1. The molecule has 0 spiro atoms. The molecule has 0 saturated heterocycles. The predicted molar refractivity (Wildman–Crippen MR) is 89.7 cm³/mol. The molecule has 0 heterocycles. The van der Waals surface area contributed by atoms with E-state index in [-0.39, 0.29) is 15.4 Å². The Hall–Kier alpha value is -1.91. The first-order valence-electron chi connectivity index (χ1n) is 7.30. The van der Waals surface area contributed by atoms with Crippen molar-refractivity contribution in [2.24, 2.45) is 0 Å². The summed E-state index contributed by atoms with van der Waals surface area (Å²) in [7, 11) is -7.52. The Balaban J connectivity index is 2.26. The summed E-state index contributed by atoms with van der Waals surface area (Å²) < 4.78 is 88.2. The van der Waals surface area contributed by atoms with Gasteiger partial charge in [-0.1, -0.05) is 12.1 Å². The number of sulfone groups is 1. The van der Waals surface area contributed by atoms with Gasteiger partial charge < -0.3 is 0 Å². The average Bonchev–Trinajstić information content (AvgIpc) is 2.53. The zero-order valence-corrected chi connectivity index (χ0v) is 15.4. The summed E-state index contributed by atoms with van der Waals surface area (Å²) in [6.45, 7) is 1.41. The van der Waals surface area contributed by atoms with Gasteiger partial charge >= 0.3 is 6.18 Å². The van der Waals surface area contributed by atoms with E-state index in [1.807, 2.05) is 0 Å². The highest BCUT2D eigenvalue weighted by Gasteiger charge is 2.31. The molecule has 0 amide bonds.